The fraction of sp³-hybridized carbons (Fsp3) is 0.667. The predicted octanol–water partition coefficient (Wildman–Crippen LogP) is -1.29. The SMILES string of the molecule is CCOCc1cn([C@H]2C[C@H](O)[C@@H](CO)O2)c(=O)[nH]c1=O. The fourth-order valence-electron chi connectivity index (χ4n) is 2.11. The molecule has 1 saturated heterocycles. The molecule has 0 aromatic carbocycles. The average molecular weight is 286 g/mol. The lowest BCUT2D eigenvalue weighted by atomic mass is 10.2. The molecule has 3 atom stereocenters. The lowest BCUT2D eigenvalue weighted by molar-refractivity contribution is -0.0461. The molecule has 0 bridgehead atoms. The van der Waals surface area contributed by atoms with Gasteiger partial charge in [0.15, 0.2) is 0 Å². The van der Waals surface area contributed by atoms with E-state index in [-0.39, 0.29) is 19.6 Å². The third kappa shape index (κ3) is 2.98. The molecule has 1 aromatic heterocycles. The standard InChI is InChI=1S/C12H18N2O6/c1-2-19-6-7-4-14(12(18)13-11(7)17)10-3-8(16)9(5-15)20-10/h4,8-10,15-16H,2-3,5-6H2,1H3,(H,13,17,18)/t8-,9+,10+/m0/s1. The second-order valence-electron chi connectivity index (χ2n) is 4.57. The van der Waals surface area contributed by atoms with Gasteiger partial charge in [0.25, 0.3) is 5.56 Å². The highest BCUT2D eigenvalue weighted by Crippen LogP contribution is 2.27. The normalized spacial score (nSPS) is 26.1. The first kappa shape index (κ1) is 14.9. The van der Waals surface area contributed by atoms with Crippen molar-refractivity contribution in [3.05, 3.63) is 32.6 Å². The van der Waals surface area contributed by atoms with Crippen LogP contribution in [0.5, 0.6) is 0 Å². The topological polar surface area (TPSA) is 114 Å². The first-order valence-corrected chi connectivity index (χ1v) is 6.43. The molecular weight excluding hydrogens is 268 g/mol. The molecule has 0 saturated carbocycles. The number of nitrogens with zero attached hydrogens (tertiary/aromatic N) is 1. The molecule has 3 N–H and O–H groups in total. The Hall–Kier alpha value is -1.48. The van der Waals surface area contributed by atoms with Gasteiger partial charge < -0.3 is 19.7 Å². The van der Waals surface area contributed by atoms with Crippen molar-refractivity contribution in [3.8, 4) is 0 Å². The van der Waals surface area contributed by atoms with E-state index in [0.29, 0.717) is 12.2 Å². The summed E-state index contributed by atoms with van der Waals surface area (Å²) in [7, 11) is 0. The van der Waals surface area contributed by atoms with Gasteiger partial charge in [0.05, 0.1) is 24.9 Å². The Morgan fingerprint density at radius 3 is 2.90 bits per heavy atom. The summed E-state index contributed by atoms with van der Waals surface area (Å²) in [4.78, 5) is 25.6. The number of hydrogen-bond acceptors (Lipinski definition) is 6. The molecule has 1 aromatic rings. The number of hydrogen-bond donors (Lipinski definition) is 3. The van der Waals surface area contributed by atoms with Crippen molar-refractivity contribution in [3.63, 3.8) is 0 Å². The van der Waals surface area contributed by atoms with Crippen LogP contribution in [0.15, 0.2) is 15.8 Å². The molecule has 0 spiro atoms. The highest BCUT2D eigenvalue weighted by atomic mass is 16.5. The van der Waals surface area contributed by atoms with Crippen LogP contribution < -0.4 is 11.2 Å². The Morgan fingerprint density at radius 2 is 2.30 bits per heavy atom. The maximum atomic E-state index is 11.8. The van der Waals surface area contributed by atoms with Crippen LogP contribution in [0.1, 0.15) is 25.1 Å². The van der Waals surface area contributed by atoms with Crippen LogP contribution >= 0.6 is 0 Å². The Balaban J connectivity index is 2.28. The predicted molar refractivity (Wildman–Crippen MR) is 68.3 cm³/mol. The number of aromatic nitrogens is 2. The van der Waals surface area contributed by atoms with E-state index in [2.05, 4.69) is 4.98 Å². The van der Waals surface area contributed by atoms with Crippen molar-refractivity contribution < 1.29 is 19.7 Å². The van der Waals surface area contributed by atoms with Gasteiger partial charge in [0, 0.05) is 19.2 Å². The van der Waals surface area contributed by atoms with Crippen molar-refractivity contribution >= 4 is 0 Å². The number of aliphatic hydroxyl groups excluding tert-OH is 2. The lowest BCUT2D eigenvalue weighted by Crippen LogP contribution is -2.34. The Bertz CT molecular complexity index is 566. The van der Waals surface area contributed by atoms with E-state index in [4.69, 9.17) is 14.6 Å². The summed E-state index contributed by atoms with van der Waals surface area (Å²) in [6.07, 6.45) is -0.751. The van der Waals surface area contributed by atoms with Crippen molar-refractivity contribution in [2.24, 2.45) is 0 Å². The zero-order valence-electron chi connectivity index (χ0n) is 11.1. The molecule has 0 radical (unpaired) electrons. The van der Waals surface area contributed by atoms with Crippen molar-refractivity contribution in [1.82, 2.24) is 9.55 Å². The fourth-order valence-corrected chi connectivity index (χ4v) is 2.11. The minimum Gasteiger partial charge on any atom is -0.394 e. The highest BCUT2D eigenvalue weighted by molar-refractivity contribution is 5.04. The first-order chi connectivity index (χ1) is 9.56. The van der Waals surface area contributed by atoms with Gasteiger partial charge in [0.2, 0.25) is 0 Å². The van der Waals surface area contributed by atoms with Gasteiger partial charge in [-0.2, -0.15) is 0 Å². The molecule has 2 heterocycles. The zero-order valence-corrected chi connectivity index (χ0v) is 11.1. The number of H-pyrrole nitrogens is 1. The molecule has 1 aliphatic rings. The summed E-state index contributed by atoms with van der Waals surface area (Å²) in [6, 6.07) is 0. The van der Waals surface area contributed by atoms with E-state index in [1.807, 2.05) is 0 Å². The maximum absolute atomic E-state index is 11.8. The smallest absolute Gasteiger partial charge is 0.330 e. The summed E-state index contributed by atoms with van der Waals surface area (Å²) >= 11 is 0. The molecule has 0 unspecified atom stereocenters. The van der Waals surface area contributed by atoms with Crippen molar-refractivity contribution in [2.75, 3.05) is 13.2 Å². The van der Waals surface area contributed by atoms with Gasteiger partial charge in [-0.05, 0) is 6.92 Å². The van der Waals surface area contributed by atoms with Crippen LogP contribution in [0.4, 0.5) is 0 Å². The quantitative estimate of drug-likeness (QED) is 0.621. The monoisotopic (exact) mass is 286 g/mol. The molecule has 112 valence electrons. The van der Waals surface area contributed by atoms with Crippen LogP contribution in [0.3, 0.4) is 0 Å². The number of rotatable bonds is 5. The molecule has 2 rings (SSSR count). The van der Waals surface area contributed by atoms with Crippen LogP contribution in [0.25, 0.3) is 0 Å². The van der Waals surface area contributed by atoms with E-state index in [0.717, 1.165) is 0 Å². The third-order valence-electron chi connectivity index (χ3n) is 3.20. The molecule has 8 nitrogen and oxygen atoms in total. The van der Waals surface area contributed by atoms with Crippen LogP contribution in [-0.2, 0) is 16.1 Å². The van der Waals surface area contributed by atoms with E-state index in [9.17, 15) is 14.7 Å². The van der Waals surface area contributed by atoms with E-state index < -0.39 is 29.7 Å². The Kier molecular flexibility index (Phi) is 4.71. The summed E-state index contributed by atoms with van der Waals surface area (Å²) in [6.45, 7) is 2.00. The van der Waals surface area contributed by atoms with Gasteiger partial charge in [-0.25, -0.2) is 4.79 Å². The van der Waals surface area contributed by atoms with E-state index >= 15 is 0 Å². The number of ether oxygens (including phenoxy) is 2. The number of aromatic amines is 1. The van der Waals surface area contributed by atoms with Gasteiger partial charge >= 0.3 is 5.69 Å². The van der Waals surface area contributed by atoms with Crippen molar-refractivity contribution in [1.29, 1.82) is 0 Å². The second-order valence-corrected chi connectivity index (χ2v) is 4.57. The minimum absolute atomic E-state index is 0.0881. The summed E-state index contributed by atoms with van der Waals surface area (Å²) in [5.41, 5.74) is -0.819. The summed E-state index contributed by atoms with van der Waals surface area (Å²) < 4.78 is 11.7. The highest BCUT2D eigenvalue weighted by Gasteiger charge is 2.35. The summed E-state index contributed by atoms with van der Waals surface area (Å²) in [5.74, 6) is 0. The van der Waals surface area contributed by atoms with E-state index in [1.54, 1.807) is 6.92 Å². The molecule has 8 heteroatoms. The molecule has 1 aliphatic heterocycles. The molecule has 1 fully saturated rings. The summed E-state index contributed by atoms with van der Waals surface area (Å²) in [5, 5.41) is 18.7. The average Bonchev–Trinajstić information content (AvgIpc) is 2.79. The van der Waals surface area contributed by atoms with Crippen LogP contribution in [0.2, 0.25) is 0 Å². The molecule has 20 heavy (non-hydrogen) atoms. The largest absolute Gasteiger partial charge is 0.394 e. The zero-order chi connectivity index (χ0) is 14.7. The van der Waals surface area contributed by atoms with Crippen LogP contribution in [0, 0.1) is 0 Å². The van der Waals surface area contributed by atoms with Crippen LogP contribution in [-0.4, -0.2) is 45.2 Å². The number of aliphatic hydroxyl groups is 2. The van der Waals surface area contributed by atoms with Crippen molar-refractivity contribution in [2.45, 2.75) is 38.4 Å². The maximum Gasteiger partial charge on any atom is 0.330 e. The lowest BCUT2D eigenvalue weighted by Gasteiger charge is -2.15. The minimum atomic E-state index is -0.848. The first-order valence-electron chi connectivity index (χ1n) is 6.43. The third-order valence-corrected chi connectivity index (χ3v) is 3.20. The van der Waals surface area contributed by atoms with E-state index in [1.165, 1.54) is 10.8 Å². The molecular formula is C12H18N2O6. The molecule has 0 amide bonds. The van der Waals surface area contributed by atoms with Gasteiger partial charge in [-0.1, -0.05) is 0 Å². The molecule has 0 aliphatic carbocycles. The Labute approximate surface area is 114 Å². The second kappa shape index (κ2) is 6.31. The number of nitrogens with one attached hydrogen (secondary N) is 1. The van der Waals surface area contributed by atoms with Gasteiger partial charge in [0.1, 0.15) is 12.3 Å². The Morgan fingerprint density at radius 1 is 1.55 bits per heavy atom. The van der Waals surface area contributed by atoms with Gasteiger partial charge in [-0.3, -0.25) is 14.3 Å². The van der Waals surface area contributed by atoms with Gasteiger partial charge in [-0.15, -0.1) is 0 Å².